The number of nitrogens with zero attached hydrogens (tertiary/aromatic N) is 3. The largest absolute Gasteiger partial charge is 0.462 e. The number of esters is 1. The molecule has 1 aliphatic heterocycles. The first-order chi connectivity index (χ1) is 12.7. The maximum atomic E-state index is 12.5. The van der Waals surface area contributed by atoms with E-state index in [0.29, 0.717) is 29.5 Å². The number of amides is 1. The molecule has 7 nitrogen and oxygen atoms in total. The van der Waals surface area contributed by atoms with Crippen molar-refractivity contribution in [1.82, 2.24) is 9.97 Å². The molecule has 2 aromatic rings. The van der Waals surface area contributed by atoms with Gasteiger partial charge in [-0.15, -0.1) is 0 Å². The highest BCUT2D eigenvalue weighted by molar-refractivity contribution is 6.03. The van der Waals surface area contributed by atoms with Gasteiger partial charge >= 0.3 is 5.97 Å². The van der Waals surface area contributed by atoms with Crippen LogP contribution in [0.3, 0.4) is 0 Å². The molecule has 1 fully saturated rings. The molecule has 0 atom stereocenters. The summed E-state index contributed by atoms with van der Waals surface area (Å²) >= 11 is 0. The van der Waals surface area contributed by atoms with Crippen molar-refractivity contribution in [2.75, 3.05) is 29.9 Å². The van der Waals surface area contributed by atoms with E-state index in [1.807, 2.05) is 0 Å². The van der Waals surface area contributed by atoms with Crippen LogP contribution >= 0.6 is 0 Å². The minimum absolute atomic E-state index is 0.311. The SMILES string of the molecule is CCOC(=O)c1ccc(NC(=O)c2ccnc(N3CCCCC3)n2)cc1. The normalized spacial score (nSPS) is 14.0. The molecule has 0 bridgehead atoms. The second-order valence-corrected chi connectivity index (χ2v) is 6.04. The van der Waals surface area contributed by atoms with Crippen LogP contribution in [-0.2, 0) is 4.74 Å². The predicted octanol–water partition coefficient (Wildman–Crippen LogP) is 2.90. The fourth-order valence-electron chi connectivity index (χ4n) is 2.82. The van der Waals surface area contributed by atoms with Gasteiger partial charge in [0.1, 0.15) is 5.69 Å². The predicted molar refractivity (Wildman–Crippen MR) is 98.4 cm³/mol. The molecule has 0 unspecified atom stereocenters. The molecule has 0 aliphatic carbocycles. The number of carbonyl (C=O) groups excluding carboxylic acids is 2. The Labute approximate surface area is 152 Å². The van der Waals surface area contributed by atoms with E-state index in [1.54, 1.807) is 43.5 Å². The van der Waals surface area contributed by atoms with Crippen LogP contribution in [0.4, 0.5) is 11.6 Å². The highest BCUT2D eigenvalue weighted by atomic mass is 16.5. The lowest BCUT2D eigenvalue weighted by atomic mass is 10.1. The summed E-state index contributed by atoms with van der Waals surface area (Å²) in [6.07, 6.45) is 5.06. The van der Waals surface area contributed by atoms with E-state index in [9.17, 15) is 9.59 Å². The van der Waals surface area contributed by atoms with Crippen LogP contribution in [0.15, 0.2) is 36.5 Å². The van der Waals surface area contributed by atoms with Crippen molar-refractivity contribution < 1.29 is 14.3 Å². The lowest BCUT2D eigenvalue weighted by Gasteiger charge is -2.26. The number of rotatable bonds is 5. The number of aromatic nitrogens is 2. The molecule has 136 valence electrons. The molecule has 1 aromatic carbocycles. The van der Waals surface area contributed by atoms with Crippen LogP contribution in [-0.4, -0.2) is 41.5 Å². The fourth-order valence-corrected chi connectivity index (χ4v) is 2.82. The molecule has 2 heterocycles. The average molecular weight is 354 g/mol. The van der Waals surface area contributed by atoms with Gasteiger partial charge in [0.2, 0.25) is 5.95 Å². The maximum absolute atomic E-state index is 12.5. The van der Waals surface area contributed by atoms with Gasteiger partial charge in [0.15, 0.2) is 0 Å². The number of hydrogen-bond acceptors (Lipinski definition) is 6. The van der Waals surface area contributed by atoms with E-state index in [-0.39, 0.29) is 11.9 Å². The summed E-state index contributed by atoms with van der Waals surface area (Å²) in [7, 11) is 0. The van der Waals surface area contributed by atoms with E-state index in [4.69, 9.17) is 4.74 Å². The monoisotopic (exact) mass is 354 g/mol. The van der Waals surface area contributed by atoms with Crippen LogP contribution in [0, 0.1) is 0 Å². The third-order valence-electron chi connectivity index (χ3n) is 4.17. The minimum Gasteiger partial charge on any atom is -0.462 e. The fraction of sp³-hybridized carbons (Fsp3) is 0.368. The highest BCUT2D eigenvalue weighted by Crippen LogP contribution is 2.16. The van der Waals surface area contributed by atoms with E-state index in [2.05, 4.69) is 20.2 Å². The lowest BCUT2D eigenvalue weighted by Crippen LogP contribution is -2.31. The van der Waals surface area contributed by atoms with Crippen LogP contribution in [0.25, 0.3) is 0 Å². The summed E-state index contributed by atoms with van der Waals surface area (Å²) in [5.74, 6) is -0.100. The number of carbonyl (C=O) groups is 2. The van der Waals surface area contributed by atoms with Gasteiger partial charge in [-0.3, -0.25) is 4.79 Å². The van der Waals surface area contributed by atoms with Gasteiger partial charge in [0.05, 0.1) is 12.2 Å². The third kappa shape index (κ3) is 4.36. The second-order valence-electron chi connectivity index (χ2n) is 6.04. The first-order valence-corrected chi connectivity index (χ1v) is 8.84. The van der Waals surface area contributed by atoms with Crippen molar-refractivity contribution in [2.45, 2.75) is 26.2 Å². The van der Waals surface area contributed by atoms with Gasteiger partial charge < -0.3 is 15.0 Å². The molecular formula is C19H22N4O3. The Bertz CT molecular complexity index is 771. The number of benzene rings is 1. The highest BCUT2D eigenvalue weighted by Gasteiger charge is 2.16. The Morgan fingerprint density at radius 2 is 1.85 bits per heavy atom. The Morgan fingerprint density at radius 1 is 1.12 bits per heavy atom. The van der Waals surface area contributed by atoms with E-state index >= 15 is 0 Å². The van der Waals surface area contributed by atoms with Gasteiger partial charge in [0, 0.05) is 25.0 Å². The van der Waals surface area contributed by atoms with Gasteiger partial charge in [0.25, 0.3) is 5.91 Å². The van der Waals surface area contributed by atoms with Gasteiger partial charge in [-0.2, -0.15) is 0 Å². The van der Waals surface area contributed by atoms with Gasteiger partial charge in [-0.05, 0) is 56.5 Å². The number of piperidine rings is 1. The molecular weight excluding hydrogens is 332 g/mol. The van der Waals surface area contributed by atoms with Crippen molar-refractivity contribution >= 4 is 23.5 Å². The lowest BCUT2D eigenvalue weighted by molar-refractivity contribution is 0.0526. The molecule has 1 saturated heterocycles. The topological polar surface area (TPSA) is 84.4 Å². The zero-order chi connectivity index (χ0) is 18.4. The van der Waals surface area contributed by atoms with E-state index in [1.165, 1.54) is 6.42 Å². The summed E-state index contributed by atoms with van der Waals surface area (Å²) in [6, 6.07) is 8.16. The van der Waals surface area contributed by atoms with Crippen molar-refractivity contribution in [1.29, 1.82) is 0 Å². The molecule has 0 radical (unpaired) electrons. The molecule has 26 heavy (non-hydrogen) atoms. The molecule has 0 saturated carbocycles. The minimum atomic E-state index is -0.382. The Balaban J connectivity index is 1.67. The number of ether oxygens (including phenoxy) is 1. The van der Waals surface area contributed by atoms with Crippen molar-refractivity contribution in [3.05, 3.63) is 47.8 Å². The third-order valence-corrected chi connectivity index (χ3v) is 4.17. The molecule has 1 aromatic heterocycles. The van der Waals surface area contributed by atoms with Crippen LogP contribution < -0.4 is 10.2 Å². The molecule has 3 rings (SSSR count). The molecule has 1 N–H and O–H groups in total. The summed E-state index contributed by atoms with van der Waals surface area (Å²) < 4.78 is 4.94. The second kappa shape index (κ2) is 8.42. The smallest absolute Gasteiger partial charge is 0.338 e. The zero-order valence-corrected chi connectivity index (χ0v) is 14.8. The summed E-state index contributed by atoms with van der Waals surface area (Å²) in [6.45, 7) is 3.91. The average Bonchev–Trinajstić information content (AvgIpc) is 2.69. The Morgan fingerprint density at radius 3 is 2.54 bits per heavy atom. The van der Waals surface area contributed by atoms with Crippen molar-refractivity contribution in [2.24, 2.45) is 0 Å². The Hall–Kier alpha value is -2.96. The van der Waals surface area contributed by atoms with E-state index in [0.717, 1.165) is 25.9 Å². The summed E-state index contributed by atoms with van der Waals surface area (Å²) in [5.41, 5.74) is 1.34. The Kier molecular flexibility index (Phi) is 5.78. The number of nitrogens with one attached hydrogen (secondary N) is 1. The van der Waals surface area contributed by atoms with Gasteiger partial charge in [-0.25, -0.2) is 14.8 Å². The zero-order valence-electron chi connectivity index (χ0n) is 14.8. The van der Waals surface area contributed by atoms with Crippen LogP contribution in [0.5, 0.6) is 0 Å². The van der Waals surface area contributed by atoms with Crippen molar-refractivity contribution in [3.8, 4) is 0 Å². The maximum Gasteiger partial charge on any atom is 0.338 e. The van der Waals surface area contributed by atoms with Crippen molar-refractivity contribution in [3.63, 3.8) is 0 Å². The summed E-state index contributed by atoms with van der Waals surface area (Å²) in [5, 5.41) is 2.79. The first kappa shape index (κ1) is 17.8. The van der Waals surface area contributed by atoms with Crippen LogP contribution in [0.2, 0.25) is 0 Å². The first-order valence-electron chi connectivity index (χ1n) is 8.84. The standard InChI is InChI=1S/C19H22N4O3/c1-2-26-18(25)14-6-8-15(9-7-14)21-17(24)16-10-11-20-19(22-16)23-12-4-3-5-13-23/h6-11H,2-5,12-13H2,1H3,(H,21,24). The molecule has 1 amide bonds. The van der Waals surface area contributed by atoms with Crippen LogP contribution in [0.1, 0.15) is 47.0 Å². The molecule has 7 heteroatoms. The number of hydrogen-bond donors (Lipinski definition) is 1. The van der Waals surface area contributed by atoms with Gasteiger partial charge in [-0.1, -0.05) is 0 Å². The van der Waals surface area contributed by atoms with E-state index < -0.39 is 0 Å². The molecule has 1 aliphatic rings. The molecule has 0 spiro atoms. The summed E-state index contributed by atoms with van der Waals surface area (Å²) in [4.78, 5) is 34.9. The quantitative estimate of drug-likeness (QED) is 0.831. The number of anilines is 2.